The summed E-state index contributed by atoms with van der Waals surface area (Å²) in [5, 5.41) is 0.761. The predicted octanol–water partition coefficient (Wildman–Crippen LogP) is 4.28. The molecule has 1 fully saturated rings. The Kier molecular flexibility index (Phi) is 4.50. The van der Waals surface area contributed by atoms with Crippen molar-refractivity contribution >= 4 is 39.9 Å². The quantitative estimate of drug-likeness (QED) is 0.617. The summed E-state index contributed by atoms with van der Waals surface area (Å²) in [6, 6.07) is 8.44. The largest absolute Gasteiger partial charge is 0.344 e. The fraction of sp³-hybridized carbons (Fsp3) is 0.263. The standard InChI is InChI=1S/C19H18N2O2S/c1-4-10-20-18(22)17(24-19(20)23)11-14-12-21(13(3)5-2)16-9-7-6-8-15(14)16/h1,6-9,11-13H,5,10H2,2-3H3/b17-11+. The van der Waals surface area contributed by atoms with Gasteiger partial charge in [0.05, 0.1) is 11.4 Å². The number of thioether (sulfide) groups is 1. The highest BCUT2D eigenvalue weighted by molar-refractivity contribution is 8.18. The minimum Gasteiger partial charge on any atom is -0.344 e. The van der Waals surface area contributed by atoms with Crippen LogP contribution in [0.5, 0.6) is 0 Å². The molecule has 1 aromatic carbocycles. The second-order valence-corrected chi connectivity index (χ2v) is 6.73. The summed E-state index contributed by atoms with van der Waals surface area (Å²) in [5.74, 6) is 2.03. The first-order valence-corrected chi connectivity index (χ1v) is 8.66. The van der Waals surface area contributed by atoms with Crippen LogP contribution >= 0.6 is 11.8 Å². The first-order valence-electron chi connectivity index (χ1n) is 7.85. The molecule has 0 radical (unpaired) electrons. The Balaban J connectivity index is 2.07. The molecule has 2 aromatic rings. The molecule has 24 heavy (non-hydrogen) atoms. The lowest BCUT2D eigenvalue weighted by Gasteiger charge is -2.12. The van der Waals surface area contributed by atoms with E-state index in [2.05, 4.69) is 30.4 Å². The van der Waals surface area contributed by atoms with Gasteiger partial charge in [-0.3, -0.25) is 14.5 Å². The van der Waals surface area contributed by atoms with Gasteiger partial charge in [0.1, 0.15) is 0 Å². The maximum Gasteiger partial charge on any atom is 0.294 e. The lowest BCUT2D eigenvalue weighted by Crippen LogP contribution is -2.28. The highest BCUT2D eigenvalue weighted by Gasteiger charge is 2.34. The Labute approximate surface area is 145 Å². The van der Waals surface area contributed by atoms with Crippen LogP contribution in [0.15, 0.2) is 35.4 Å². The van der Waals surface area contributed by atoms with Crippen molar-refractivity contribution in [1.29, 1.82) is 0 Å². The minimum atomic E-state index is -0.316. The van der Waals surface area contributed by atoms with Gasteiger partial charge in [0, 0.05) is 28.7 Å². The zero-order valence-electron chi connectivity index (χ0n) is 13.7. The molecular formula is C19H18N2O2S. The van der Waals surface area contributed by atoms with Crippen LogP contribution in [-0.4, -0.2) is 27.2 Å². The number of hydrogen-bond donors (Lipinski definition) is 0. The van der Waals surface area contributed by atoms with Crippen LogP contribution in [0.3, 0.4) is 0 Å². The lowest BCUT2D eigenvalue weighted by atomic mass is 10.1. The summed E-state index contributed by atoms with van der Waals surface area (Å²) in [7, 11) is 0. The Hall–Kier alpha value is -2.45. The van der Waals surface area contributed by atoms with Gasteiger partial charge >= 0.3 is 0 Å². The molecule has 1 aromatic heterocycles. The molecule has 0 spiro atoms. The molecule has 0 N–H and O–H groups in total. The van der Waals surface area contributed by atoms with Gasteiger partial charge < -0.3 is 4.57 Å². The molecule has 3 rings (SSSR count). The molecule has 1 saturated heterocycles. The van der Waals surface area contributed by atoms with E-state index in [0.717, 1.165) is 39.5 Å². The molecule has 1 aliphatic rings. The number of carbonyl (C=O) groups excluding carboxylic acids is 2. The normalized spacial score (nSPS) is 17.7. The molecule has 5 heteroatoms. The molecule has 2 amide bonds. The van der Waals surface area contributed by atoms with Crippen LogP contribution in [0.25, 0.3) is 17.0 Å². The number of para-hydroxylation sites is 1. The van der Waals surface area contributed by atoms with Gasteiger partial charge in [0.2, 0.25) is 0 Å². The van der Waals surface area contributed by atoms with E-state index in [0.29, 0.717) is 10.9 Å². The fourth-order valence-electron chi connectivity index (χ4n) is 2.78. The fourth-order valence-corrected chi connectivity index (χ4v) is 3.61. The summed E-state index contributed by atoms with van der Waals surface area (Å²) < 4.78 is 2.22. The molecule has 1 unspecified atom stereocenters. The number of aromatic nitrogens is 1. The number of imide groups is 1. The van der Waals surface area contributed by atoms with Crippen molar-refractivity contribution in [1.82, 2.24) is 9.47 Å². The highest BCUT2D eigenvalue weighted by atomic mass is 32.2. The van der Waals surface area contributed by atoms with E-state index in [1.165, 1.54) is 0 Å². The van der Waals surface area contributed by atoms with Crippen LogP contribution < -0.4 is 0 Å². The average Bonchev–Trinajstić information content (AvgIpc) is 3.08. The lowest BCUT2D eigenvalue weighted by molar-refractivity contribution is -0.122. The molecule has 0 saturated carbocycles. The van der Waals surface area contributed by atoms with E-state index in [1.807, 2.05) is 24.4 Å². The molecule has 0 aliphatic carbocycles. The second kappa shape index (κ2) is 6.58. The van der Waals surface area contributed by atoms with Crippen LogP contribution in [0.1, 0.15) is 31.9 Å². The van der Waals surface area contributed by atoms with Crippen LogP contribution in [0.2, 0.25) is 0 Å². The van der Waals surface area contributed by atoms with E-state index in [9.17, 15) is 9.59 Å². The molecule has 4 nitrogen and oxygen atoms in total. The van der Waals surface area contributed by atoms with Crippen LogP contribution in [0.4, 0.5) is 4.79 Å². The van der Waals surface area contributed by atoms with Crippen molar-refractivity contribution in [2.45, 2.75) is 26.3 Å². The molecule has 122 valence electrons. The van der Waals surface area contributed by atoms with Crippen molar-refractivity contribution < 1.29 is 9.59 Å². The topological polar surface area (TPSA) is 42.3 Å². The second-order valence-electron chi connectivity index (χ2n) is 5.74. The average molecular weight is 338 g/mol. The molecular weight excluding hydrogens is 320 g/mol. The summed E-state index contributed by atoms with van der Waals surface area (Å²) in [5.41, 5.74) is 2.07. The third-order valence-corrected chi connectivity index (χ3v) is 5.15. The first-order chi connectivity index (χ1) is 11.6. The van der Waals surface area contributed by atoms with Crippen molar-refractivity contribution in [3.8, 4) is 12.3 Å². The van der Waals surface area contributed by atoms with Gasteiger partial charge in [-0.05, 0) is 37.2 Å². The smallest absolute Gasteiger partial charge is 0.294 e. The zero-order valence-corrected chi connectivity index (χ0v) is 14.5. The van der Waals surface area contributed by atoms with Crippen LogP contribution in [0, 0.1) is 12.3 Å². The third-order valence-electron chi connectivity index (χ3n) is 4.25. The van der Waals surface area contributed by atoms with E-state index in [-0.39, 0.29) is 17.7 Å². The molecule has 1 aliphatic heterocycles. The summed E-state index contributed by atoms with van der Waals surface area (Å²) in [4.78, 5) is 25.8. The van der Waals surface area contributed by atoms with E-state index in [4.69, 9.17) is 6.42 Å². The molecule has 1 atom stereocenters. The van der Waals surface area contributed by atoms with Gasteiger partial charge in [-0.25, -0.2) is 0 Å². The van der Waals surface area contributed by atoms with Crippen LogP contribution in [-0.2, 0) is 4.79 Å². The number of rotatable bonds is 4. The monoisotopic (exact) mass is 338 g/mol. The van der Waals surface area contributed by atoms with Gasteiger partial charge in [0.25, 0.3) is 11.1 Å². The number of fused-ring (bicyclic) bond motifs is 1. The predicted molar refractivity (Wildman–Crippen MR) is 98.5 cm³/mol. The Morgan fingerprint density at radius 3 is 2.79 bits per heavy atom. The minimum absolute atomic E-state index is 0.0106. The SMILES string of the molecule is C#CCN1C(=O)S/C(=C/c2cn(C(C)CC)c3ccccc23)C1=O. The van der Waals surface area contributed by atoms with E-state index < -0.39 is 0 Å². The number of hydrogen-bond acceptors (Lipinski definition) is 3. The maximum absolute atomic E-state index is 12.4. The number of carbonyl (C=O) groups is 2. The van der Waals surface area contributed by atoms with E-state index >= 15 is 0 Å². The number of nitrogens with zero attached hydrogens (tertiary/aromatic N) is 2. The van der Waals surface area contributed by atoms with Gasteiger partial charge in [-0.15, -0.1) is 6.42 Å². The Bertz CT molecular complexity index is 888. The number of terminal acetylenes is 1. The zero-order chi connectivity index (χ0) is 17.3. The van der Waals surface area contributed by atoms with Gasteiger partial charge in [-0.2, -0.15) is 0 Å². The van der Waals surface area contributed by atoms with Gasteiger partial charge in [0.15, 0.2) is 0 Å². The molecule has 2 heterocycles. The number of benzene rings is 1. The highest BCUT2D eigenvalue weighted by Crippen LogP contribution is 2.34. The summed E-state index contributed by atoms with van der Waals surface area (Å²) in [6.45, 7) is 4.32. The van der Waals surface area contributed by atoms with Crippen molar-refractivity contribution in [3.63, 3.8) is 0 Å². The van der Waals surface area contributed by atoms with Gasteiger partial charge in [-0.1, -0.05) is 31.0 Å². The third kappa shape index (κ3) is 2.74. The Morgan fingerprint density at radius 1 is 1.33 bits per heavy atom. The van der Waals surface area contributed by atoms with E-state index in [1.54, 1.807) is 6.08 Å². The Morgan fingerprint density at radius 2 is 2.08 bits per heavy atom. The summed E-state index contributed by atoms with van der Waals surface area (Å²) in [6.07, 6.45) is 10.1. The van der Waals surface area contributed by atoms with Crippen molar-refractivity contribution in [2.24, 2.45) is 0 Å². The first kappa shape index (κ1) is 16.4. The maximum atomic E-state index is 12.4. The van der Waals surface area contributed by atoms with Crippen molar-refractivity contribution in [3.05, 3.63) is 40.9 Å². The summed E-state index contributed by atoms with van der Waals surface area (Å²) >= 11 is 0.942. The number of amides is 2. The molecule has 0 bridgehead atoms. The van der Waals surface area contributed by atoms with Crippen molar-refractivity contribution in [2.75, 3.05) is 6.54 Å².